The van der Waals surface area contributed by atoms with E-state index in [1.165, 1.54) is 11.3 Å². The van der Waals surface area contributed by atoms with Crippen LogP contribution in [0.1, 0.15) is 24.6 Å². The van der Waals surface area contributed by atoms with Crippen LogP contribution in [0.3, 0.4) is 0 Å². The van der Waals surface area contributed by atoms with Crippen LogP contribution >= 0.6 is 27.3 Å². The highest BCUT2D eigenvalue weighted by Crippen LogP contribution is 2.33. The van der Waals surface area contributed by atoms with Gasteiger partial charge in [-0.05, 0) is 61.7 Å². The topological polar surface area (TPSA) is 49.4 Å². The van der Waals surface area contributed by atoms with Gasteiger partial charge in [0.15, 0.2) is 0 Å². The Kier molecular flexibility index (Phi) is 5.29. The summed E-state index contributed by atoms with van der Waals surface area (Å²) < 4.78 is 28.1. The molecule has 0 radical (unpaired) electrons. The highest BCUT2D eigenvalue weighted by atomic mass is 79.9. The van der Waals surface area contributed by atoms with Gasteiger partial charge in [0.05, 0.1) is 8.68 Å². The van der Waals surface area contributed by atoms with Gasteiger partial charge in [0, 0.05) is 24.0 Å². The zero-order chi connectivity index (χ0) is 14.9. The zero-order valence-electron chi connectivity index (χ0n) is 12.0. The number of rotatable bonds is 4. The van der Waals surface area contributed by atoms with Crippen LogP contribution in [0, 0.1) is 12.8 Å². The summed E-state index contributed by atoms with van der Waals surface area (Å²) in [5, 5.41) is 3.23. The Morgan fingerprint density at radius 2 is 2.25 bits per heavy atom. The summed E-state index contributed by atoms with van der Waals surface area (Å²) in [6, 6.07) is 2.06. The quantitative estimate of drug-likeness (QED) is 0.873. The average Bonchev–Trinajstić information content (AvgIpc) is 2.77. The SMILES string of the molecule is CNC(C)C1CCCN(S(=O)(=O)c2cc(Br)sc2C)C1. The van der Waals surface area contributed by atoms with Gasteiger partial charge in [-0.2, -0.15) is 4.31 Å². The van der Waals surface area contributed by atoms with Gasteiger partial charge in [0.2, 0.25) is 10.0 Å². The normalized spacial score (nSPS) is 22.9. The van der Waals surface area contributed by atoms with E-state index < -0.39 is 10.0 Å². The molecule has 1 N–H and O–H groups in total. The van der Waals surface area contributed by atoms with E-state index in [2.05, 4.69) is 28.2 Å². The first-order valence-corrected chi connectivity index (χ1v) is 9.84. The summed E-state index contributed by atoms with van der Waals surface area (Å²) in [6.07, 6.45) is 2.01. The Balaban J connectivity index is 2.23. The monoisotopic (exact) mass is 380 g/mol. The second kappa shape index (κ2) is 6.44. The van der Waals surface area contributed by atoms with Gasteiger partial charge in [0.1, 0.15) is 0 Å². The molecule has 0 amide bonds. The Morgan fingerprint density at radius 1 is 1.55 bits per heavy atom. The van der Waals surface area contributed by atoms with Crippen molar-refractivity contribution in [1.29, 1.82) is 0 Å². The van der Waals surface area contributed by atoms with E-state index >= 15 is 0 Å². The van der Waals surface area contributed by atoms with Crippen LogP contribution in [0.5, 0.6) is 0 Å². The van der Waals surface area contributed by atoms with Crippen LogP contribution in [0.25, 0.3) is 0 Å². The molecule has 7 heteroatoms. The van der Waals surface area contributed by atoms with Crippen molar-refractivity contribution in [3.05, 3.63) is 14.7 Å². The Morgan fingerprint density at radius 3 is 2.80 bits per heavy atom. The van der Waals surface area contributed by atoms with Crippen molar-refractivity contribution in [2.45, 2.75) is 37.6 Å². The maximum absolute atomic E-state index is 12.8. The van der Waals surface area contributed by atoms with Gasteiger partial charge in [-0.15, -0.1) is 11.3 Å². The van der Waals surface area contributed by atoms with Gasteiger partial charge in [-0.25, -0.2) is 8.42 Å². The maximum atomic E-state index is 12.8. The molecule has 1 aliphatic heterocycles. The van der Waals surface area contributed by atoms with E-state index in [9.17, 15) is 8.42 Å². The fourth-order valence-corrected chi connectivity index (χ4v) is 6.58. The van der Waals surface area contributed by atoms with Crippen LogP contribution < -0.4 is 5.32 Å². The van der Waals surface area contributed by atoms with E-state index in [1.54, 1.807) is 10.4 Å². The second-order valence-electron chi connectivity index (χ2n) is 5.31. The number of nitrogens with one attached hydrogen (secondary N) is 1. The molecule has 2 rings (SSSR count). The number of hydrogen-bond acceptors (Lipinski definition) is 4. The predicted molar refractivity (Wildman–Crippen MR) is 86.8 cm³/mol. The van der Waals surface area contributed by atoms with Crippen LogP contribution in [0.4, 0.5) is 0 Å². The molecule has 0 aliphatic carbocycles. The molecule has 1 aromatic rings. The van der Waals surface area contributed by atoms with Crippen LogP contribution in [-0.4, -0.2) is 38.9 Å². The molecule has 1 saturated heterocycles. The molecule has 2 unspecified atom stereocenters. The average molecular weight is 381 g/mol. The van der Waals surface area contributed by atoms with Crippen molar-refractivity contribution >= 4 is 37.3 Å². The molecule has 20 heavy (non-hydrogen) atoms. The maximum Gasteiger partial charge on any atom is 0.244 e. The number of nitrogens with zero attached hydrogens (tertiary/aromatic N) is 1. The van der Waals surface area contributed by atoms with Gasteiger partial charge in [-0.1, -0.05) is 0 Å². The second-order valence-corrected chi connectivity index (χ2v) is 9.86. The number of hydrogen-bond donors (Lipinski definition) is 1. The third-order valence-corrected chi connectivity index (χ3v) is 7.72. The first kappa shape index (κ1) is 16.4. The molecule has 114 valence electrons. The minimum absolute atomic E-state index is 0.336. The molecular formula is C13H21BrN2O2S2. The van der Waals surface area contributed by atoms with E-state index in [0.29, 0.717) is 29.9 Å². The summed E-state index contributed by atoms with van der Waals surface area (Å²) >= 11 is 4.84. The number of piperidine rings is 1. The van der Waals surface area contributed by atoms with Gasteiger partial charge in [-0.3, -0.25) is 0 Å². The van der Waals surface area contributed by atoms with E-state index in [1.807, 2.05) is 14.0 Å². The van der Waals surface area contributed by atoms with Crippen molar-refractivity contribution in [1.82, 2.24) is 9.62 Å². The number of sulfonamides is 1. The van der Waals surface area contributed by atoms with Crippen molar-refractivity contribution < 1.29 is 8.42 Å². The minimum Gasteiger partial charge on any atom is -0.317 e. The smallest absolute Gasteiger partial charge is 0.244 e. The molecule has 1 aromatic heterocycles. The molecule has 2 atom stereocenters. The lowest BCUT2D eigenvalue weighted by Crippen LogP contribution is -2.45. The van der Waals surface area contributed by atoms with Crippen molar-refractivity contribution in [3.8, 4) is 0 Å². The first-order chi connectivity index (χ1) is 9.36. The third kappa shape index (κ3) is 3.27. The highest BCUT2D eigenvalue weighted by Gasteiger charge is 2.33. The lowest BCUT2D eigenvalue weighted by molar-refractivity contribution is 0.229. The Labute approximate surface area is 133 Å². The number of thiophene rings is 1. The molecule has 0 aromatic carbocycles. The van der Waals surface area contributed by atoms with Crippen molar-refractivity contribution in [3.63, 3.8) is 0 Å². The molecule has 1 aliphatic rings. The fraction of sp³-hybridized carbons (Fsp3) is 0.692. The van der Waals surface area contributed by atoms with Crippen molar-refractivity contribution in [2.24, 2.45) is 5.92 Å². The highest BCUT2D eigenvalue weighted by molar-refractivity contribution is 9.11. The lowest BCUT2D eigenvalue weighted by Gasteiger charge is -2.34. The predicted octanol–water partition coefficient (Wildman–Crippen LogP) is 2.83. The van der Waals surface area contributed by atoms with E-state index in [0.717, 1.165) is 21.5 Å². The van der Waals surface area contributed by atoms with Gasteiger partial charge < -0.3 is 5.32 Å². The summed E-state index contributed by atoms with van der Waals surface area (Å²) in [5.41, 5.74) is 0. The van der Waals surface area contributed by atoms with Crippen LogP contribution in [0.2, 0.25) is 0 Å². The molecule has 0 saturated carbocycles. The minimum atomic E-state index is -3.36. The standard InChI is InChI=1S/C13H21BrN2O2S2/c1-9(15-3)11-5-4-6-16(8-11)20(17,18)12-7-13(14)19-10(12)2/h7,9,11,15H,4-6,8H2,1-3H3. The van der Waals surface area contributed by atoms with E-state index in [4.69, 9.17) is 0 Å². The molecular weight excluding hydrogens is 360 g/mol. The van der Waals surface area contributed by atoms with Crippen LogP contribution in [-0.2, 0) is 10.0 Å². The van der Waals surface area contributed by atoms with Gasteiger partial charge in [0.25, 0.3) is 0 Å². The van der Waals surface area contributed by atoms with Crippen LogP contribution in [0.15, 0.2) is 14.7 Å². The molecule has 2 heterocycles. The molecule has 0 spiro atoms. The Hall–Kier alpha value is 0.0500. The first-order valence-electron chi connectivity index (χ1n) is 6.79. The fourth-order valence-electron chi connectivity index (χ4n) is 2.66. The largest absolute Gasteiger partial charge is 0.317 e. The van der Waals surface area contributed by atoms with Crippen molar-refractivity contribution in [2.75, 3.05) is 20.1 Å². The Bertz CT molecular complexity index is 571. The zero-order valence-corrected chi connectivity index (χ0v) is 15.2. The summed E-state index contributed by atoms with van der Waals surface area (Å²) in [6.45, 7) is 5.21. The molecule has 0 bridgehead atoms. The number of halogens is 1. The lowest BCUT2D eigenvalue weighted by atomic mass is 9.93. The molecule has 4 nitrogen and oxygen atoms in total. The third-order valence-electron chi connectivity index (χ3n) is 4.04. The van der Waals surface area contributed by atoms with E-state index in [-0.39, 0.29) is 0 Å². The number of aryl methyl sites for hydroxylation is 1. The van der Waals surface area contributed by atoms with Gasteiger partial charge >= 0.3 is 0 Å². The summed E-state index contributed by atoms with van der Waals surface area (Å²) in [4.78, 5) is 1.30. The summed E-state index contributed by atoms with van der Waals surface area (Å²) in [5.74, 6) is 0.380. The molecule has 1 fully saturated rings. The summed E-state index contributed by atoms with van der Waals surface area (Å²) in [7, 11) is -1.43.